The summed E-state index contributed by atoms with van der Waals surface area (Å²) in [5, 5.41) is 8.38. The van der Waals surface area contributed by atoms with Crippen molar-refractivity contribution in [2.24, 2.45) is 0 Å². The summed E-state index contributed by atoms with van der Waals surface area (Å²) in [5.74, 6) is -0.442. The van der Waals surface area contributed by atoms with Gasteiger partial charge in [0.05, 0.1) is 11.0 Å². The molecule has 1 N–H and O–H groups in total. The van der Waals surface area contributed by atoms with Crippen LogP contribution in [-0.4, -0.2) is 15.0 Å². The summed E-state index contributed by atoms with van der Waals surface area (Å²) in [6, 6.07) is 4.41. The van der Waals surface area contributed by atoms with Crippen LogP contribution in [0, 0.1) is 31.0 Å². The number of benzene rings is 1. The maximum Gasteiger partial charge on any atom is 0.241 e. The summed E-state index contributed by atoms with van der Waals surface area (Å²) in [4.78, 5) is 0.134. The highest BCUT2D eigenvalue weighted by Gasteiger charge is 2.19. The number of aryl methyl sites for hydroxylation is 2. The Balaban J connectivity index is 2.81. The van der Waals surface area contributed by atoms with Crippen molar-refractivity contribution in [3.63, 3.8) is 0 Å². The molecule has 104 valence electrons. The summed E-state index contributed by atoms with van der Waals surface area (Å²) < 4.78 is 39.9. The fraction of sp³-hybridized carbons (Fsp3) is 0.462. The lowest BCUT2D eigenvalue weighted by Gasteiger charge is -2.12. The normalized spacial score (nSPS) is 11.3. The minimum atomic E-state index is -3.63. The Morgan fingerprint density at radius 3 is 2.37 bits per heavy atom. The molecule has 0 bridgehead atoms. The van der Waals surface area contributed by atoms with Gasteiger partial charge in [0.25, 0.3) is 0 Å². The van der Waals surface area contributed by atoms with Crippen molar-refractivity contribution < 1.29 is 12.8 Å². The highest BCUT2D eigenvalue weighted by molar-refractivity contribution is 7.89. The number of unbranched alkanes of at least 4 members (excludes halogenated alkanes) is 2. The summed E-state index contributed by atoms with van der Waals surface area (Å²) in [6.45, 7) is 3.42. The molecule has 0 aliphatic carbocycles. The molecule has 0 radical (unpaired) electrons. The van der Waals surface area contributed by atoms with E-state index < -0.39 is 15.8 Å². The molecule has 0 atom stereocenters. The van der Waals surface area contributed by atoms with E-state index in [2.05, 4.69) is 4.72 Å². The molecule has 1 rings (SSSR count). The van der Waals surface area contributed by atoms with E-state index in [0.29, 0.717) is 30.4 Å². The Hall–Kier alpha value is -1.45. The van der Waals surface area contributed by atoms with E-state index >= 15 is 0 Å². The summed E-state index contributed by atoms with van der Waals surface area (Å²) in [6.07, 6.45) is 1.67. The van der Waals surface area contributed by atoms with Crippen LogP contribution in [0.1, 0.15) is 30.4 Å². The van der Waals surface area contributed by atoms with Gasteiger partial charge in [-0.15, -0.1) is 0 Å². The Labute approximate surface area is 113 Å². The molecule has 4 nitrogen and oxygen atoms in total. The van der Waals surface area contributed by atoms with Gasteiger partial charge in [-0.25, -0.2) is 17.5 Å². The van der Waals surface area contributed by atoms with Crippen LogP contribution in [-0.2, 0) is 10.0 Å². The molecule has 0 saturated heterocycles. The minimum absolute atomic E-state index is 0.134. The molecule has 0 spiro atoms. The average molecular weight is 284 g/mol. The third-order valence-electron chi connectivity index (χ3n) is 2.70. The van der Waals surface area contributed by atoms with E-state index in [0.717, 1.165) is 0 Å². The van der Waals surface area contributed by atoms with Crippen molar-refractivity contribution >= 4 is 10.0 Å². The summed E-state index contributed by atoms with van der Waals surface area (Å²) in [7, 11) is -3.63. The van der Waals surface area contributed by atoms with Crippen LogP contribution in [0.25, 0.3) is 0 Å². The molecule has 0 unspecified atom stereocenters. The first kappa shape index (κ1) is 15.6. The maximum absolute atomic E-state index is 13.1. The Bertz CT molecular complexity index is 568. The van der Waals surface area contributed by atoms with Crippen molar-refractivity contribution in [1.82, 2.24) is 4.72 Å². The number of nitrogens with zero attached hydrogens (tertiary/aromatic N) is 1. The molecule has 0 aliphatic heterocycles. The van der Waals surface area contributed by atoms with Crippen LogP contribution >= 0.6 is 0 Å². The lowest BCUT2D eigenvalue weighted by molar-refractivity contribution is 0.574. The SMILES string of the molecule is Cc1cc(F)cc(C)c1S(=O)(=O)NCCCCC#N. The first-order valence-corrected chi connectivity index (χ1v) is 7.50. The zero-order valence-corrected chi connectivity index (χ0v) is 11.8. The molecule has 0 heterocycles. The number of hydrogen-bond acceptors (Lipinski definition) is 3. The minimum Gasteiger partial charge on any atom is -0.211 e. The van der Waals surface area contributed by atoms with Gasteiger partial charge in [0.1, 0.15) is 5.82 Å². The molecule has 0 amide bonds. The Kier molecular flexibility index (Phi) is 5.45. The van der Waals surface area contributed by atoms with Gasteiger partial charge in [-0.2, -0.15) is 5.26 Å². The van der Waals surface area contributed by atoms with Gasteiger partial charge in [0, 0.05) is 13.0 Å². The number of nitrogens with one attached hydrogen (secondary N) is 1. The van der Waals surface area contributed by atoms with Crippen molar-refractivity contribution in [3.8, 4) is 6.07 Å². The lowest BCUT2D eigenvalue weighted by Crippen LogP contribution is -2.26. The second kappa shape index (κ2) is 6.64. The summed E-state index contributed by atoms with van der Waals surface area (Å²) in [5.41, 5.74) is 0.782. The van der Waals surface area contributed by atoms with Crippen LogP contribution in [0.2, 0.25) is 0 Å². The Morgan fingerprint density at radius 2 is 1.84 bits per heavy atom. The van der Waals surface area contributed by atoms with Gasteiger partial charge < -0.3 is 0 Å². The highest BCUT2D eigenvalue weighted by atomic mass is 32.2. The fourth-order valence-corrected chi connectivity index (χ4v) is 3.45. The van der Waals surface area contributed by atoms with E-state index in [1.165, 1.54) is 12.1 Å². The van der Waals surface area contributed by atoms with E-state index in [4.69, 9.17) is 5.26 Å². The Morgan fingerprint density at radius 1 is 1.26 bits per heavy atom. The third-order valence-corrected chi connectivity index (χ3v) is 4.47. The topological polar surface area (TPSA) is 70.0 Å². The standard InChI is InChI=1S/C13H17FN2O2S/c1-10-8-12(14)9-11(2)13(10)19(17,18)16-7-5-3-4-6-15/h8-9,16H,3-5,7H2,1-2H3. The van der Waals surface area contributed by atoms with Crippen LogP contribution in [0.5, 0.6) is 0 Å². The fourth-order valence-electron chi connectivity index (χ4n) is 1.93. The largest absolute Gasteiger partial charge is 0.241 e. The smallest absolute Gasteiger partial charge is 0.211 e. The molecule has 0 fully saturated rings. The molecule has 0 aliphatic rings. The van der Waals surface area contributed by atoms with Crippen LogP contribution in [0.4, 0.5) is 4.39 Å². The monoisotopic (exact) mass is 284 g/mol. The summed E-state index contributed by atoms with van der Waals surface area (Å²) >= 11 is 0. The lowest BCUT2D eigenvalue weighted by atomic mass is 10.1. The van der Waals surface area contributed by atoms with Crippen LogP contribution in [0.3, 0.4) is 0 Å². The maximum atomic E-state index is 13.1. The second-order valence-electron chi connectivity index (χ2n) is 4.38. The van der Waals surface area contributed by atoms with Gasteiger partial charge in [0.15, 0.2) is 0 Å². The zero-order valence-electron chi connectivity index (χ0n) is 11.0. The molecular formula is C13H17FN2O2S. The van der Waals surface area contributed by atoms with Crippen molar-refractivity contribution in [2.75, 3.05) is 6.54 Å². The predicted octanol–water partition coefficient (Wildman–Crippen LogP) is 2.41. The number of sulfonamides is 1. The van der Waals surface area contributed by atoms with Crippen molar-refractivity contribution in [1.29, 1.82) is 5.26 Å². The number of nitriles is 1. The molecule has 1 aromatic carbocycles. The van der Waals surface area contributed by atoms with E-state index in [9.17, 15) is 12.8 Å². The van der Waals surface area contributed by atoms with E-state index in [1.54, 1.807) is 13.8 Å². The first-order chi connectivity index (χ1) is 8.88. The average Bonchev–Trinajstić information content (AvgIpc) is 2.26. The van der Waals surface area contributed by atoms with Gasteiger partial charge >= 0.3 is 0 Å². The third kappa shape index (κ3) is 4.30. The predicted molar refractivity (Wildman–Crippen MR) is 70.5 cm³/mol. The number of halogens is 1. The molecule has 6 heteroatoms. The molecule has 1 aromatic rings. The highest BCUT2D eigenvalue weighted by Crippen LogP contribution is 2.21. The van der Waals surface area contributed by atoms with Gasteiger partial charge in [0.2, 0.25) is 10.0 Å². The number of hydrogen-bond donors (Lipinski definition) is 1. The van der Waals surface area contributed by atoms with Gasteiger partial charge in [-0.05, 0) is 49.9 Å². The van der Waals surface area contributed by atoms with E-state index in [1.807, 2.05) is 6.07 Å². The molecule has 0 saturated carbocycles. The molecular weight excluding hydrogens is 267 g/mol. The van der Waals surface area contributed by atoms with Crippen molar-refractivity contribution in [3.05, 3.63) is 29.1 Å². The van der Waals surface area contributed by atoms with E-state index in [-0.39, 0.29) is 11.4 Å². The van der Waals surface area contributed by atoms with Crippen LogP contribution < -0.4 is 4.72 Å². The van der Waals surface area contributed by atoms with Crippen molar-refractivity contribution in [2.45, 2.75) is 38.0 Å². The quantitative estimate of drug-likeness (QED) is 0.815. The van der Waals surface area contributed by atoms with Gasteiger partial charge in [-0.1, -0.05) is 0 Å². The van der Waals surface area contributed by atoms with Crippen LogP contribution in [0.15, 0.2) is 17.0 Å². The van der Waals surface area contributed by atoms with Gasteiger partial charge in [-0.3, -0.25) is 0 Å². The molecule has 0 aromatic heterocycles. The second-order valence-corrected chi connectivity index (χ2v) is 6.09. The zero-order chi connectivity index (χ0) is 14.5. The first-order valence-electron chi connectivity index (χ1n) is 6.02. The number of rotatable bonds is 6. The molecule has 19 heavy (non-hydrogen) atoms.